The van der Waals surface area contributed by atoms with E-state index < -0.39 is 0 Å². The molecular formula is C14H28N2O. The Morgan fingerprint density at radius 3 is 2.47 bits per heavy atom. The van der Waals surface area contributed by atoms with E-state index in [9.17, 15) is 4.79 Å². The number of amides is 1. The van der Waals surface area contributed by atoms with Crippen LogP contribution in [0.4, 0.5) is 0 Å². The fourth-order valence-corrected chi connectivity index (χ4v) is 2.55. The van der Waals surface area contributed by atoms with Crippen molar-refractivity contribution in [1.29, 1.82) is 0 Å². The zero-order valence-electron chi connectivity index (χ0n) is 12.1. The van der Waals surface area contributed by atoms with Crippen LogP contribution in [0.1, 0.15) is 40.5 Å². The van der Waals surface area contributed by atoms with Crippen molar-refractivity contribution in [2.24, 2.45) is 11.8 Å². The van der Waals surface area contributed by atoms with Gasteiger partial charge in [-0.05, 0) is 46.2 Å². The van der Waals surface area contributed by atoms with Crippen molar-refractivity contribution in [2.45, 2.75) is 46.6 Å². The standard InChI is InChI=1S/C14H28N2O/c1-11(2)9-16(12(3)4)14(17)13-7-6-8-15(5)10-13/h11-13H,6-10H2,1-5H3. The van der Waals surface area contributed by atoms with Gasteiger partial charge in [-0.1, -0.05) is 13.8 Å². The van der Waals surface area contributed by atoms with Gasteiger partial charge in [-0.25, -0.2) is 0 Å². The van der Waals surface area contributed by atoms with Gasteiger partial charge in [-0.2, -0.15) is 0 Å². The van der Waals surface area contributed by atoms with Crippen LogP contribution in [0.15, 0.2) is 0 Å². The summed E-state index contributed by atoms with van der Waals surface area (Å²) >= 11 is 0. The fourth-order valence-electron chi connectivity index (χ4n) is 2.55. The van der Waals surface area contributed by atoms with E-state index in [0.717, 1.165) is 32.5 Å². The quantitative estimate of drug-likeness (QED) is 0.752. The zero-order valence-corrected chi connectivity index (χ0v) is 12.1. The summed E-state index contributed by atoms with van der Waals surface area (Å²) in [5, 5.41) is 0. The van der Waals surface area contributed by atoms with Crippen molar-refractivity contribution in [3.63, 3.8) is 0 Å². The summed E-state index contributed by atoms with van der Waals surface area (Å²) in [6.45, 7) is 11.5. The molecule has 1 saturated heterocycles. The van der Waals surface area contributed by atoms with E-state index in [1.807, 2.05) is 0 Å². The smallest absolute Gasteiger partial charge is 0.227 e. The molecule has 0 aromatic carbocycles. The zero-order chi connectivity index (χ0) is 13.0. The highest BCUT2D eigenvalue weighted by Gasteiger charge is 2.29. The normalized spacial score (nSPS) is 22.2. The highest BCUT2D eigenvalue weighted by atomic mass is 16.2. The molecule has 1 rings (SSSR count). The third-order valence-electron chi connectivity index (χ3n) is 3.44. The predicted molar refractivity (Wildman–Crippen MR) is 71.9 cm³/mol. The van der Waals surface area contributed by atoms with Crippen LogP contribution in [0.25, 0.3) is 0 Å². The van der Waals surface area contributed by atoms with Crippen molar-refractivity contribution >= 4 is 5.91 Å². The lowest BCUT2D eigenvalue weighted by molar-refractivity contribution is -0.139. The molecule has 0 aromatic heterocycles. The van der Waals surface area contributed by atoms with Gasteiger partial charge in [0.1, 0.15) is 0 Å². The van der Waals surface area contributed by atoms with Crippen molar-refractivity contribution in [3.05, 3.63) is 0 Å². The Balaban J connectivity index is 2.63. The number of piperidine rings is 1. The summed E-state index contributed by atoms with van der Waals surface area (Å²) < 4.78 is 0. The minimum Gasteiger partial charge on any atom is -0.340 e. The molecule has 1 amide bonds. The van der Waals surface area contributed by atoms with Gasteiger partial charge in [-0.3, -0.25) is 4.79 Å². The van der Waals surface area contributed by atoms with Crippen LogP contribution in [0, 0.1) is 11.8 Å². The lowest BCUT2D eigenvalue weighted by Gasteiger charge is -2.35. The molecule has 3 nitrogen and oxygen atoms in total. The van der Waals surface area contributed by atoms with Crippen LogP contribution in [-0.4, -0.2) is 48.4 Å². The molecule has 0 aromatic rings. The average Bonchev–Trinajstić information content (AvgIpc) is 2.24. The van der Waals surface area contributed by atoms with Gasteiger partial charge < -0.3 is 9.80 Å². The fraction of sp³-hybridized carbons (Fsp3) is 0.929. The van der Waals surface area contributed by atoms with Gasteiger partial charge in [0.2, 0.25) is 5.91 Å². The first-order valence-corrected chi connectivity index (χ1v) is 6.90. The van der Waals surface area contributed by atoms with E-state index in [0.29, 0.717) is 17.9 Å². The Labute approximate surface area is 106 Å². The summed E-state index contributed by atoms with van der Waals surface area (Å²) in [6.07, 6.45) is 2.21. The summed E-state index contributed by atoms with van der Waals surface area (Å²) in [5.41, 5.74) is 0. The number of carbonyl (C=O) groups excluding carboxylic acids is 1. The molecule has 3 heteroatoms. The summed E-state index contributed by atoms with van der Waals surface area (Å²) in [4.78, 5) is 16.9. The molecule has 0 saturated carbocycles. The van der Waals surface area contributed by atoms with Gasteiger partial charge >= 0.3 is 0 Å². The van der Waals surface area contributed by atoms with Crippen LogP contribution in [0.2, 0.25) is 0 Å². The Kier molecular flexibility index (Phi) is 5.44. The predicted octanol–water partition coefficient (Wildman–Crippen LogP) is 2.22. The Bertz CT molecular complexity index is 251. The lowest BCUT2D eigenvalue weighted by atomic mass is 9.96. The van der Waals surface area contributed by atoms with Crippen molar-refractivity contribution in [3.8, 4) is 0 Å². The molecular weight excluding hydrogens is 212 g/mol. The minimum atomic E-state index is 0.218. The second-order valence-corrected chi connectivity index (χ2v) is 6.08. The number of rotatable bonds is 4. The molecule has 1 atom stereocenters. The molecule has 17 heavy (non-hydrogen) atoms. The number of nitrogens with zero attached hydrogens (tertiary/aromatic N) is 2. The van der Waals surface area contributed by atoms with Crippen molar-refractivity contribution in [2.75, 3.05) is 26.7 Å². The first-order chi connectivity index (χ1) is 7.91. The highest BCUT2D eigenvalue weighted by molar-refractivity contribution is 5.79. The van der Waals surface area contributed by atoms with Crippen molar-refractivity contribution < 1.29 is 4.79 Å². The van der Waals surface area contributed by atoms with E-state index in [1.54, 1.807) is 0 Å². The van der Waals surface area contributed by atoms with Crippen molar-refractivity contribution in [1.82, 2.24) is 9.80 Å². The molecule has 1 aliphatic rings. The SMILES string of the molecule is CC(C)CN(C(=O)C1CCCN(C)C1)C(C)C. The molecule has 0 bridgehead atoms. The van der Waals surface area contributed by atoms with Crippen LogP contribution >= 0.6 is 0 Å². The van der Waals surface area contributed by atoms with Crippen LogP contribution in [-0.2, 0) is 4.79 Å². The second-order valence-electron chi connectivity index (χ2n) is 6.08. The first-order valence-electron chi connectivity index (χ1n) is 6.90. The van der Waals surface area contributed by atoms with E-state index in [-0.39, 0.29) is 5.92 Å². The molecule has 1 fully saturated rings. The van der Waals surface area contributed by atoms with E-state index in [4.69, 9.17) is 0 Å². The largest absolute Gasteiger partial charge is 0.340 e. The monoisotopic (exact) mass is 240 g/mol. The summed E-state index contributed by atoms with van der Waals surface area (Å²) in [5.74, 6) is 1.12. The van der Waals surface area contributed by atoms with Gasteiger partial charge in [-0.15, -0.1) is 0 Å². The maximum absolute atomic E-state index is 12.5. The summed E-state index contributed by atoms with van der Waals surface area (Å²) in [7, 11) is 2.11. The first kappa shape index (κ1) is 14.5. The van der Waals surface area contributed by atoms with Gasteiger partial charge in [0.05, 0.1) is 5.92 Å². The van der Waals surface area contributed by atoms with E-state index in [1.165, 1.54) is 0 Å². The third-order valence-corrected chi connectivity index (χ3v) is 3.44. The minimum absolute atomic E-state index is 0.218. The number of likely N-dealkylation sites (tertiary alicyclic amines) is 1. The topological polar surface area (TPSA) is 23.6 Å². The number of hydrogen-bond donors (Lipinski definition) is 0. The molecule has 0 N–H and O–H groups in total. The molecule has 0 aliphatic carbocycles. The van der Waals surface area contributed by atoms with Gasteiger partial charge in [0.25, 0.3) is 0 Å². The lowest BCUT2D eigenvalue weighted by Crippen LogP contribution is -2.47. The van der Waals surface area contributed by atoms with Crippen LogP contribution in [0.5, 0.6) is 0 Å². The maximum atomic E-state index is 12.5. The van der Waals surface area contributed by atoms with Gasteiger partial charge in [0, 0.05) is 19.1 Å². The number of hydrogen-bond acceptors (Lipinski definition) is 2. The van der Waals surface area contributed by atoms with E-state index in [2.05, 4.69) is 44.5 Å². The molecule has 0 radical (unpaired) electrons. The van der Waals surface area contributed by atoms with Gasteiger partial charge in [0.15, 0.2) is 0 Å². The summed E-state index contributed by atoms with van der Waals surface area (Å²) in [6, 6.07) is 0.317. The van der Waals surface area contributed by atoms with E-state index >= 15 is 0 Å². The Hall–Kier alpha value is -0.570. The second kappa shape index (κ2) is 6.39. The molecule has 1 aliphatic heterocycles. The molecule has 0 spiro atoms. The highest BCUT2D eigenvalue weighted by Crippen LogP contribution is 2.19. The molecule has 1 heterocycles. The molecule has 1 unspecified atom stereocenters. The third kappa shape index (κ3) is 4.30. The average molecular weight is 240 g/mol. The Morgan fingerprint density at radius 2 is 2.00 bits per heavy atom. The molecule has 100 valence electrons. The van der Waals surface area contributed by atoms with Crippen LogP contribution < -0.4 is 0 Å². The maximum Gasteiger partial charge on any atom is 0.227 e. The Morgan fingerprint density at radius 1 is 1.35 bits per heavy atom. The van der Waals surface area contributed by atoms with Crippen LogP contribution in [0.3, 0.4) is 0 Å². The number of carbonyl (C=O) groups is 1.